The van der Waals surface area contributed by atoms with Gasteiger partial charge in [-0.15, -0.1) is 0 Å². The van der Waals surface area contributed by atoms with E-state index in [1.54, 1.807) is 6.92 Å². The van der Waals surface area contributed by atoms with Gasteiger partial charge < -0.3 is 15.7 Å². The van der Waals surface area contributed by atoms with Crippen LogP contribution in [-0.2, 0) is 9.59 Å². The summed E-state index contributed by atoms with van der Waals surface area (Å²) in [4.78, 5) is 24.3. The van der Waals surface area contributed by atoms with Crippen molar-refractivity contribution in [1.29, 1.82) is 0 Å². The molecule has 3 N–H and O–H groups in total. The zero-order chi connectivity index (χ0) is 17.8. The van der Waals surface area contributed by atoms with E-state index in [0.29, 0.717) is 12.5 Å². The molecule has 0 bridgehead atoms. The van der Waals surface area contributed by atoms with E-state index in [2.05, 4.69) is 10.6 Å². The van der Waals surface area contributed by atoms with Crippen molar-refractivity contribution in [1.82, 2.24) is 5.32 Å². The molecule has 0 radical (unpaired) electrons. The molecule has 5 nitrogen and oxygen atoms in total. The molecule has 23 heavy (non-hydrogen) atoms. The van der Waals surface area contributed by atoms with Crippen molar-refractivity contribution in [2.45, 2.75) is 39.7 Å². The number of aliphatic hydroxyl groups excluding tert-OH is 1. The average Bonchev–Trinajstić information content (AvgIpc) is 2.36. The van der Waals surface area contributed by atoms with E-state index in [1.165, 1.54) is 20.8 Å². The topological polar surface area (TPSA) is 78.4 Å². The Balaban J connectivity index is 2.89. The van der Waals surface area contributed by atoms with Gasteiger partial charge in [0.25, 0.3) is 5.91 Å². The number of amides is 2. The summed E-state index contributed by atoms with van der Waals surface area (Å²) in [5.41, 5.74) is -1.25. The van der Waals surface area contributed by atoms with Crippen LogP contribution in [0.3, 0.4) is 0 Å². The van der Waals surface area contributed by atoms with Crippen molar-refractivity contribution in [3.8, 4) is 0 Å². The van der Waals surface area contributed by atoms with E-state index in [9.17, 15) is 23.5 Å². The molecule has 126 valence electrons. The third-order valence-electron chi connectivity index (χ3n) is 3.18. The molecule has 0 aromatic heterocycles. The summed E-state index contributed by atoms with van der Waals surface area (Å²) in [6, 6.07) is 2.62. The van der Waals surface area contributed by atoms with Crippen LogP contribution in [0.2, 0.25) is 0 Å². The molecule has 0 spiro atoms. The second-order valence-corrected chi connectivity index (χ2v) is 5.61. The Bertz CT molecular complexity index is 630. The monoisotopic (exact) mass is 326 g/mol. The van der Waals surface area contributed by atoms with Gasteiger partial charge in [-0.1, -0.05) is 6.92 Å². The summed E-state index contributed by atoms with van der Waals surface area (Å²) in [7, 11) is 0. The van der Waals surface area contributed by atoms with Gasteiger partial charge in [0.1, 0.15) is 17.2 Å². The molecule has 0 aliphatic heterocycles. The third-order valence-corrected chi connectivity index (χ3v) is 3.18. The Morgan fingerprint density at radius 3 is 2.13 bits per heavy atom. The molecule has 0 heterocycles. The van der Waals surface area contributed by atoms with Gasteiger partial charge in [-0.05, 0) is 39.3 Å². The summed E-state index contributed by atoms with van der Waals surface area (Å²) in [6.07, 6.45) is 0.293. The molecule has 0 atom stereocenters. The Morgan fingerprint density at radius 1 is 1.17 bits per heavy atom. The van der Waals surface area contributed by atoms with Crippen LogP contribution in [0.1, 0.15) is 34.1 Å². The fraction of sp³-hybridized carbons (Fsp3) is 0.375. The Kier molecular flexibility index (Phi) is 5.84. The smallest absolute Gasteiger partial charge is 0.251 e. The first kappa shape index (κ1) is 18.6. The molecule has 0 saturated heterocycles. The van der Waals surface area contributed by atoms with Crippen molar-refractivity contribution in [2.24, 2.45) is 0 Å². The molecule has 1 rings (SSSR count). The lowest BCUT2D eigenvalue weighted by atomic mass is 10.0. The molecule has 7 heteroatoms. The van der Waals surface area contributed by atoms with Crippen molar-refractivity contribution in [2.75, 3.05) is 5.32 Å². The first-order valence-corrected chi connectivity index (χ1v) is 7.05. The highest BCUT2D eigenvalue weighted by Gasteiger charge is 2.31. The van der Waals surface area contributed by atoms with E-state index in [0.717, 1.165) is 12.1 Å². The van der Waals surface area contributed by atoms with Gasteiger partial charge in [0.15, 0.2) is 0 Å². The summed E-state index contributed by atoms with van der Waals surface area (Å²) in [5, 5.41) is 14.3. The Hall–Kier alpha value is -2.44. The lowest BCUT2D eigenvalue weighted by Gasteiger charge is -2.25. The normalized spacial score (nSPS) is 12.4. The van der Waals surface area contributed by atoms with Gasteiger partial charge in [-0.25, -0.2) is 8.78 Å². The SMILES string of the molecule is CC/C(C(=O)NC(C)(C)C(=O)Nc1cc(F)cc(F)c1)=C(\C)O. The number of hydrogen-bond donors (Lipinski definition) is 3. The average molecular weight is 326 g/mol. The first-order valence-electron chi connectivity index (χ1n) is 7.05. The fourth-order valence-electron chi connectivity index (χ4n) is 1.91. The number of anilines is 1. The highest BCUT2D eigenvalue weighted by Crippen LogP contribution is 2.16. The van der Waals surface area contributed by atoms with Crippen molar-refractivity contribution < 1.29 is 23.5 Å². The highest BCUT2D eigenvalue weighted by atomic mass is 19.1. The maximum atomic E-state index is 13.1. The predicted octanol–water partition coefficient (Wildman–Crippen LogP) is 3.04. The van der Waals surface area contributed by atoms with Crippen molar-refractivity contribution in [3.63, 3.8) is 0 Å². The molecule has 1 aromatic carbocycles. The fourth-order valence-corrected chi connectivity index (χ4v) is 1.91. The number of benzene rings is 1. The summed E-state index contributed by atoms with van der Waals surface area (Å²) >= 11 is 0. The molecule has 0 aliphatic rings. The maximum Gasteiger partial charge on any atom is 0.251 e. The van der Waals surface area contributed by atoms with Crippen LogP contribution in [0.15, 0.2) is 29.5 Å². The summed E-state index contributed by atoms with van der Waals surface area (Å²) < 4.78 is 26.3. The number of allylic oxidation sites excluding steroid dienone is 1. The highest BCUT2D eigenvalue weighted by molar-refractivity contribution is 6.03. The van der Waals surface area contributed by atoms with E-state index < -0.39 is 29.0 Å². The summed E-state index contributed by atoms with van der Waals surface area (Å²) in [5.74, 6) is -3.02. The second kappa shape index (κ2) is 7.21. The minimum atomic E-state index is -1.35. The standard InChI is InChI=1S/C16H20F2N2O3/c1-5-13(9(2)21)14(22)20-16(3,4)15(23)19-12-7-10(17)6-11(18)8-12/h6-8,21H,5H2,1-4H3,(H,19,23)(H,20,22)/b13-9-. The van der Waals surface area contributed by atoms with Crippen LogP contribution >= 0.6 is 0 Å². The second-order valence-electron chi connectivity index (χ2n) is 5.61. The number of hydrogen-bond acceptors (Lipinski definition) is 3. The minimum absolute atomic E-state index is 0.0561. The first-order chi connectivity index (χ1) is 10.6. The third kappa shape index (κ3) is 5.05. The Morgan fingerprint density at radius 2 is 1.70 bits per heavy atom. The molecule has 0 fully saturated rings. The van der Waals surface area contributed by atoms with Gasteiger partial charge >= 0.3 is 0 Å². The zero-order valence-electron chi connectivity index (χ0n) is 13.5. The lowest BCUT2D eigenvalue weighted by molar-refractivity contribution is -0.127. The van der Waals surface area contributed by atoms with E-state index in [1.807, 2.05) is 0 Å². The maximum absolute atomic E-state index is 13.1. The molecular formula is C16H20F2N2O3. The van der Waals surface area contributed by atoms with E-state index in [-0.39, 0.29) is 17.0 Å². The molecule has 0 aliphatic carbocycles. The number of carbonyl (C=O) groups excluding carboxylic acids is 2. The Labute approximate surface area is 133 Å². The van der Waals surface area contributed by atoms with Gasteiger partial charge in [0, 0.05) is 11.8 Å². The van der Waals surface area contributed by atoms with Gasteiger partial charge in [-0.2, -0.15) is 0 Å². The van der Waals surface area contributed by atoms with E-state index >= 15 is 0 Å². The van der Waals surface area contributed by atoms with Crippen LogP contribution < -0.4 is 10.6 Å². The van der Waals surface area contributed by atoms with Gasteiger partial charge in [-0.3, -0.25) is 9.59 Å². The molecular weight excluding hydrogens is 306 g/mol. The largest absolute Gasteiger partial charge is 0.512 e. The van der Waals surface area contributed by atoms with Crippen molar-refractivity contribution >= 4 is 17.5 Å². The number of aliphatic hydroxyl groups is 1. The number of halogens is 2. The molecule has 2 amide bonds. The van der Waals surface area contributed by atoms with E-state index in [4.69, 9.17) is 0 Å². The van der Waals surface area contributed by atoms with Crippen LogP contribution in [0.25, 0.3) is 0 Å². The number of rotatable bonds is 5. The minimum Gasteiger partial charge on any atom is -0.512 e. The number of carbonyl (C=O) groups is 2. The van der Waals surface area contributed by atoms with Crippen LogP contribution in [-0.4, -0.2) is 22.5 Å². The predicted molar refractivity (Wildman–Crippen MR) is 82.8 cm³/mol. The van der Waals surface area contributed by atoms with Crippen LogP contribution in [0.4, 0.5) is 14.5 Å². The lowest BCUT2D eigenvalue weighted by Crippen LogP contribution is -2.52. The van der Waals surface area contributed by atoms with Gasteiger partial charge in [0.2, 0.25) is 5.91 Å². The number of nitrogens with one attached hydrogen (secondary N) is 2. The van der Waals surface area contributed by atoms with Crippen LogP contribution in [0.5, 0.6) is 0 Å². The molecule has 1 aromatic rings. The van der Waals surface area contributed by atoms with Crippen molar-refractivity contribution in [3.05, 3.63) is 41.2 Å². The quantitative estimate of drug-likeness (QED) is 0.575. The molecule has 0 unspecified atom stereocenters. The summed E-state index contributed by atoms with van der Waals surface area (Å²) in [6.45, 7) is 5.95. The zero-order valence-corrected chi connectivity index (χ0v) is 13.5. The van der Waals surface area contributed by atoms with Crippen LogP contribution in [0, 0.1) is 11.6 Å². The van der Waals surface area contributed by atoms with Gasteiger partial charge in [0.05, 0.1) is 11.3 Å². The molecule has 0 saturated carbocycles.